The van der Waals surface area contributed by atoms with Gasteiger partial charge in [-0.05, 0) is 73.0 Å². The summed E-state index contributed by atoms with van der Waals surface area (Å²) in [4.78, 5) is 7.92. The minimum Gasteiger partial charge on any atom is -0.508 e. The Morgan fingerprint density at radius 2 is 1.78 bits per heavy atom. The van der Waals surface area contributed by atoms with Gasteiger partial charge in [0.1, 0.15) is 17.3 Å². The number of aromatic nitrogens is 4. The molecule has 0 aliphatic heterocycles. The summed E-state index contributed by atoms with van der Waals surface area (Å²) < 4.78 is 15.9. The molecule has 37 heavy (non-hydrogen) atoms. The Balaban J connectivity index is 1.48. The molecule has 7 heteroatoms. The molecule has 0 bridgehead atoms. The van der Waals surface area contributed by atoms with Gasteiger partial charge in [-0.25, -0.2) is 4.39 Å². The highest BCUT2D eigenvalue weighted by Gasteiger charge is 2.16. The highest BCUT2D eigenvalue weighted by atomic mass is 19.1. The number of phenolic OH excluding ortho intramolecular Hbond substituents is 1. The van der Waals surface area contributed by atoms with Crippen molar-refractivity contribution in [1.29, 1.82) is 0 Å². The quantitative estimate of drug-likeness (QED) is 0.240. The third-order valence-electron chi connectivity index (χ3n) is 6.49. The van der Waals surface area contributed by atoms with Crippen LogP contribution in [0.3, 0.4) is 0 Å². The van der Waals surface area contributed by atoms with Crippen LogP contribution in [0, 0.1) is 5.82 Å². The monoisotopic (exact) mass is 491 g/mol. The Bertz CT molecular complexity index is 1760. The van der Waals surface area contributed by atoms with E-state index in [-0.39, 0.29) is 5.75 Å². The molecular weight excluding hydrogens is 465 g/mol. The zero-order valence-corrected chi connectivity index (χ0v) is 20.7. The second-order valence-electron chi connectivity index (χ2n) is 9.61. The smallest absolute Gasteiger partial charge is 0.127 e. The van der Waals surface area contributed by atoms with Crippen LogP contribution in [-0.2, 0) is 7.05 Å². The van der Waals surface area contributed by atoms with Gasteiger partial charge in [0, 0.05) is 53.4 Å². The van der Waals surface area contributed by atoms with Crippen LogP contribution < -0.4 is 5.32 Å². The summed E-state index contributed by atoms with van der Waals surface area (Å²) in [7, 11) is 1.93. The molecule has 6 nitrogen and oxygen atoms in total. The van der Waals surface area contributed by atoms with Gasteiger partial charge in [-0.1, -0.05) is 18.2 Å². The largest absolute Gasteiger partial charge is 0.508 e. The summed E-state index contributed by atoms with van der Waals surface area (Å²) in [6, 6.07) is 20.7. The van der Waals surface area contributed by atoms with Gasteiger partial charge in [-0.15, -0.1) is 0 Å². The number of fused-ring (bicyclic) bond motifs is 2. The molecule has 0 saturated heterocycles. The van der Waals surface area contributed by atoms with Crippen LogP contribution in [0.2, 0.25) is 0 Å². The van der Waals surface area contributed by atoms with Crippen molar-refractivity contribution in [2.45, 2.75) is 19.9 Å². The van der Waals surface area contributed by atoms with Crippen LogP contribution in [0.1, 0.15) is 13.8 Å². The lowest BCUT2D eigenvalue weighted by atomic mass is 10.0. The van der Waals surface area contributed by atoms with Crippen molar-refractivity contribution in [2.75, 3.05) is 5.32 Å². The lowest BCUT2D eigenvalue weighted by molar-refractivity contribution is 0.469. The van der Waals surface area contributed by atoms with E-state index in [1.54, 1.807) is 6.07 Å². The van der Waals surface area contributed by atoms with Crippen LogP contribution in [-0.4, -0.2) is 30.9 Å². The molecule has 0 aliphatic carbocycles. The zero-order valence-electron chi connectivity index (χ0n) is 20.7. The van der Waals surface area contributed by atoms with Crippen LogP contribution in [0.25, 0.3) is 55.4 Å². The first-order valence-corrected chi connectivity index (χ1v) is 12.2. The van der Waals surface area contributed by atoms with Gasteiger partial charge in [0.2, 0.25) is 0 Å². The van der Waals surface area contributed by atoms with Crippen molar-refractivity contribution >= 4 is 27.5 Å². The molecule has 0 aliphatic rings. The Hall–Kier alpha value is -4.65. The molecule has 3 aromatic carbocycles. The van der Waals surface area contributed by atoms with Crippen molar-refractivity contribution in [2.24, 2.45) is 7.05 Å². The van der Waals surface area contributed by atoms with Gasteiger partial charge in [0.05, 0.1) is 16.9 Å². The zero-order chi connectivity index (χ0) is 25.7. The maximum Gasteiger partial charge on any atom is 0.127 e. The van der Waals surface area contributed by atoms with E-state index >= 15 is 0 Å². The van der Waals surface area contributed by atoms with Crippen molar-refractivity contribution in [3.05, 3.63) is 84.9 Å². The van der Waals surface area contributed by atoms with E-state index in [1.165, 1.54) is 6.07 Å². The third-order valence-corrected chi connectivity index (χ3v) is 6.49. The first-order valence-electron chi connectivity index (χ1n) is 12.2. The maximum absolute atomic E-state index is 14.0. The summed E-state index contributed by atoms with van der Waals surface area (Å²) in [5, 5.41) is 20.1. The molecule has 184 valence electrons. The summed E-state index contributed by atoms with van der Waals surface area (Å²) in [5.41, 5.74) is 8.10. The van der Waals surface area contributed by atoms with Crippen LogP contribution in [0.5, 0.6) is 5.75 Å². The van der Waals surface area contributed by atoms with Gasteiger partial charge < -0.3 is 15.4 Å². The highest BCUT2D eigenvalue weighted by Crippen LogP contribution is 2.37. The summed E-state index contributed by atoms with van der Waals surface area (Å²) in [5.74, 6) is -0.582. The second kappa shape index (κ2) is 8.78. The Morgan fingerprint density at radius 1 is 0.919 bits per heavy atom. The normalized spacial score (nSPS) is 11.6. The van der Waals surface area contributed by atoms with Gasteiger partial charge >= 0.3 is 0 Å². The summed E-state index contributed by atoms with van der Waals surface area (Å²) in [6.07, 6.45) is 3.70. The van der Waals surface area contributed by atoms with Gasteiger partial charge in [-0.3, -0.25) is 9.67 Å². The van der Waals surface area contributed by atoms with Crippen molar-refractivity contribution in [3.8, 4) is 39.4 Å². The molecule has 6 aromatic rings. The van der Waals surface area contributed by atoms with Gasteiger partial charge in [-0.2, -0.15) is 5.10 Å². The minimum absolute atomic E-state index is 0.104. The first kappa shape index (κ1) is 22.8. The Morgan fingerprint density at radius 3 is 2.59 bits per heavy atom. The summed E-state index contributed by atoms with van der Waals surface area (Å²) >= 11 is 0. The number of halogens is 1. The Kier molecular flexibility index (Phi) is 5.41. The number of nitrogens with zero attached hydrogens (tertiary/aromatic N) is 3. The minimum atomic E-state index is -0.479. The molecule has 3 aromatic heterocycles. The number of aromatic hydroxyl groups is 1. The lowest BCUT2D eigenvalue weighted by Crippen LogP contribution is -2.09. The number of rotatable bonds is 5. The first-order chi connectivity index (χ1) is 17.9. The van der Waals surface area contributed by atoms with E-state index < -0.39 is 5.82 Å². The fourth-order valence-electron chi connectivity index (χ4n) is 4.92. The number of aryl methyl sites for hydroxylation is 1. The molecule has 0 radical (unpaired) electrons. The molecule has 0 unspecified atom stereocenters. The van der Waals surface area contributed by atoms with Crippen molar-refractivity contribution in [1.82, 2.24) is 19.7 Å². The molecule has 0 saturated carbocycles. The number of pyridine rings is 1. The number of hydrogen-bond acceptors (Lipinski definition) is 4. The van der Waals surface area contributed by atoms with E-state index in [4.69, 9.17) is 5.10 Å². The summed E-state index contributed by atoms with van der Waals surface area (Å²) in [6.45, 7) is 4.20. The Labute approximate surface area is 213 Å². The van der Waals surface area contributed by atoms with E-state index in [0.717, 1.165) is 61.6 Å². The molecular formula is C30H26FN5O. The molecule has 0 atom stereocenters. The SMILES string of the molecule is CC(C)Nc1cncc(-c2ccc3c(c2)c(-c2cc4c(-c5cc(O)cc(F)c5)cccc4[nH]2)nn3C)c1. The number of aromatic amines is 1. The molecule has 0 fully saturated rings. The topological polar surface area (TPSA) is 78.8 Å². The number of hydrogen-bond donors (Lipinski definition) is 3. The van der Waals surface area contributed by atoms with E-state index in [0.29, 0.717) is 11.6 Å². The molecule has 3 heterocycles. The highest BCUT2D eigenvalue weighted by molar-refractivity contribution is 6.02. The average Bonchev–Trinajstić information content (AvgIpc) is 3.44. The number of anilines is 1. The van der Waals surface area contributed by atoms with Crippen LogP contribution in [0.4, 0.5) is 10.1 Å². The number of nitrogens with one attached hydrogen (secondary N) is 2. The molecule has 0 spiro atoms. The van der Waals surface area contributed by atoms with Crippen LogP contribution in [0.15, 0.2) is 79.1 Å². The predicted molar refractivity (Wildman–Crippen MR) is 147 cm³/mol. The van der Waals surface area contributed by atoms with E-state index in [1.807, 2.05) is 48.4 Å². The number of benzene rings is 3. The molecule has 0 amide bonds. The third kappa shape index (κ3) is 4.18. The molecule has 6 rings (SSSR count). The van der Waals surface area contributed by atoms with Crippen molar-refractivity contribution < 1.29 is 9.50 Å². The van der Waals surface area contributed by atoms with E-state index in [2.05, 4.69) is 53.4 Å². The average molecular weight is 492 g/mol. The van der Waals surface area contributed by atoms with Gasteiger partial charge in [0.25, 0.3) is 0 Å². The van der Waals surface area contributed by atoms with Gasteiger partial charge in [0.15, 0.2) is 0 Å². The van der Waals surface area contributed by atoms with Crippen LogP contribution >= 0.6 is 0 Å². The van der Waals surface area contributed by atoms with E-state index in [9.17, 15) is 9.50 Å². The fourth-order valence-corrected chi connectivity index (χ4v) is 4.92. The predicted octanol–water partition coefficient (Wildman–Crippen LogP) is 7.12. The molecule has 3 N–H and O–H groups in total. The standard InChI is InChI=1S/C30H26FN5O/c1-17(2)33-22-10-20(15-32-16-22)18-7-8-29-26(12-18)30(35-36(29)3)28-14-25-24(5-4-6-27(25)34-28)19-9-21(31)13-23(37)11-19/h4-17,33-34,37H,1-3H3. The van der Waals surface area contributed by atoms with Crippen molar-refractivity contribution in [3.63, 3.8) is 0 Å². The second-order valence-corrected chi connectivity index (χ2v) is 9.61. The number of phenols is 1. The maximum atomic E-state index is 14.0. The number of H-pyrrole nitrogens is 1. The fraction of sp³-hybridized carbons (Fsp3) is 0.133. The lowest BCUT2D eigenvalue weighted by Gasteiger charge is -2.11.